The number of H-pyrrole nitrogens is 1. The first-order valence-corrected chi connectivity index (χ1v) is 5.23. The van der Waals surface area contributed by atoms with E-state index in [0.717, 1.165) is 29.4 Å². The molecule has 0 saturated heterocycles. The first kappa shape index (κ1) is 8.73. The Balaban J connectivity index is 2.40. The smallest absolute Gasteiger partial charge is 0.326 e. The van der Waals surface area contributed by atoms with Crippen molar-refractivity contribution < 1.29 is 0 Å². The lowest BCUT2D eigenvalue weighted by atomic mass is 10.2. The van der Waals surface area contributed by atoms with Gasteiger partial charge in [0.15, 0.2) is 0 Å². The third-order valence-corrected chi connectivity index (χ3v) is 2.95. The van der Waals surface area contributed by atoms with Crippen molar-refractivity contribution in [3.8, 4) is 0 Å². The molecule has 3 N–H and O–H groups in total. The average Bonchev–Trinajstić information content (AvgIpc) is 3.00. The first-order valence-electron chi connectivity index (χ1n) is 5.23. The maximum atomic E-state index is 11.8. The van der Waals surface area contributed by atoms with Gasteiger partial charge in [0.25, 0.3) is 0 Å². The maximum Gasteiger partial charge on any atom is 0.326 e. The van der Waals surface area contributed by atoms with Crippen LogP contribution in [0, 0.1) is 0 Å². The van der Waals surface area contributed by atoms with Gasteiger partial charge >= 0.3 is 5.69 Å². The number of imidazole rings is 1. The van der Waals surface area contributed by atoms with Gasteiger partial charge in [0.2, 0.25) is 0 Å². The van der Waals surface area contributed by atoms with Crippen LogP contribution >= 0.6 is 0 Å². The highest BCUT2D eigenvalue weighted by Crippen LogP contribution is 2.36. The van der Waals surface area contributed by atoms with Crippen molar-refractivity contribution in [3.63, 3.8) is 0 Å². The average molecular weight is 203 g/mol. The van der Waals surface area contributed by atoms with Gasteiger partial charge in [0.05, 0.1) is 11.0 Å². The Morgan fingerprint density at radius 3 is 2.93 bits per heavy atom. The molecule has 0 spiro atoms. The van der Waals surface area contributed by atoms with Gasteiger partial charge < -0.3 is 10.7 Å². The van der Waals surface area contributed by atoms with Crippen LogP contribution in [0.25, 0.3) is 11.0 Å². The fourth-order valence-corrected chi connectivity index (χ4v) is 2.10. The van der Waals surface area contributed by atoms with E-state index in [1.165, 1.54) is 0 Å². The van der Waals surface area contributed by atoms with Gasteiger partial charge in [0.1, 0.15) is 0 Å². The van der Waals surface area contributed by atoms with Gasteiger partial charge in [-0.05, 0) is 24.5 Å². The molecule has 4 heteroatoms. The van der Waals surface area contributed by atoms with Crippen LogP contribution in [0.2, 0.25) is 0 Å². The highest BCUT2D eigenvalue weighted by molar-refractivity contribution is 5.79. The molecule has 1 aromatic carbocycles. The Kier molecular flexibility index (Phi) is 1.73. The minimum absolute atomic E-state index is 0.00611. The Labute approximate surface area is 86.7 Å². The quantitative estimate of drug-likeness (QED) is 0.768. The number of aromatic nitrogens is 2. The van der Waals surface area contributed by atoms with E-state index in [-0.39, 0.29) is 5.69 Å². The van der Waals surface area contributed by atoms with Gasteiger partial charge in [-0.25, -0.2) is 4.79 Å². The number of rotatable bonds is 2. The maximum absolute atomic E-state index is 11.8. The van der Waals surface area contributed by atoms with Crippen molar-refractivity contribution in [2.45, 2.75) is 25.4 Å². The number of nitrogens with one attached hydrogen (secondary N) is 1. The SMILES string of the molecule is NCc1cccc2[nH]c(=O)n(C3CC3)c12. The number of fused-ring (bicyclic) bond motifs is 1. The molecular formula is C11H13N3O. The number of benzene rings is 1. The molecule has 0 amide bonds. The van der Waals surface area contributed by atoms with E-state index in [1.807, 2.05) is 22.8 Å². The van der Waals surface area contributed by atoms with Crippen LogP contribution in [0.1, 0.15) is 24.4 Å². The lowest BCUT2D eigenvalue weighted by Gasteiger charge is -2.04. The van der Waals surface area contributed by atoms with Crippen LogP contribution in [0.5, 0.6) is 0 Å². The summed E-state index contributed by atoms with van der Waals surface area (Å²) in [7, 11) is 0. The van der Waals surface area contributed by atoms with Crippen LogP contribution < -0.4 is 11.4 Å². The number of aromatic amines is 1. The van der Waals surface area contributed by atoms with E-state index in [9.17, 15) is 4.79 Å². The first-order chi connectivity index (χ1) is 7.31. The van der Waals surface area contributed by atoms with E-state index in [4.69, 9.17) is 5.73 Å². The standard InChI is InChI=1S/C11H13N3O/c12-6-7-2-1-3-9-10(7)14(8-4-5-8)11(15)13-9/h1-3,8H,4-6,12H2,(H,13,15). The second-order valence-corrected chi connectivity index (χ2v) is 4.05. The van der Waals surface area contributed by atoms with E-state index in [2.05, 4.69) is 4.98 Å². The Morgan fingerprint density at radius 1 is 1.47 bits per heavy atom. The summed E-state index contributed by atoms with van der Waals surface area (Å²) in [4.78, 5) is 14.6. The second-order valence-electron chi connectivity index (χ2n) is 4.05. The molecule has 0 bridgehead atoms. The highest BCUT2D eigenvalue weighted by atomic mass is 16.1. The fraction of sp³-hybridized carbons (Fsp3) is 0.364. The third kappa shape index (κ3) is 1.22. The Hall–Kier alpha value is -1.55. The lowest BCUT2D eigenvalue weighted by Crippen LogP contribution is -2.16. The summed E-state index contributed by atoms with van der Waals surface area (Å²) in [5, 5.41) is 0. The molecule has 1 aliphatic rings. The molecule has 0 aliphatic heterocycles. The zero-order valence-corrected chi connectivity index (χ0v) is 8.36. The molecule has 1 heterocycles. The van der Waals surface area contributed by atoms with Gasteiger partial charge in [-0.15, -0.1) is 0 Å². The number of hydrogen-bond donors (Lipinski definition) is 2. The lowest BCUT2D eigenvalue weighted by molar-refractivity contribution is 0.730. The van der Waals surface area contributed by atoms with E-state index >= 15 is 0 Å². The minimum atomic E-state index is -0.00611. The third-order valence-electron chi connectivity index (χ3n) is 2.95. The predicted molar refractivity (Wildman–Crippen MR) is 58.7 cm³/mol. The van der Waals surface area contributed by atoms with Crippen molar-refractivity contribution in [2.24, 2.45) is 5.73 Å². The summed E-state index contributed by atoms with van der Waals surface area (Å²) in [6, 6.07) is 6.22. The van der Waals surface area contributed by atoms with Crippen molar-refractivity contribution in [2.75, 3.05) is 0 Å². The fourth-order valence-electron chi connectivity index (χ4n) is 2.10. The minimum Gasteiger partial charge on any atom is -0.326 e. The summed E-state index contributed by atoms with van der Waals surface area (Å²) < 4.78 is 1.86. The van der Waals surface area contributed by atoms with E-state index in [0.29, 0.717) is 12.6 Å². The number of hydrogen-bond acceptors (Lipinski definition) is 2. The number of para-hydroxylation sites is 1. The molecule has 0 unspecified atom stereocenters. The van der Waals surface area contributed by atoms with E-state index in [1.54, 1.807) is 0 Å². The molecule has 0 atom stereocenters. The Morgan fingerprint density at radius 2 is 2.27 bits per heavy atom. The zero-order valence-electron chi connectivity index (χ0n) is 8.36. The molecule has 78 valence electrons. The van der Waals surface area contributed by atoms with Crippen LogP contribution in [0.4, 0.5) is 0 Å². The summed E-state index contributed by atoms with van der Waals surface area (Å²) in [5.74, 6) is 0. The highest BCUT2D eigenvalue weighted by Gasteiger charge is 2.27. The predicted octanol–water partition coefficient (Wildman–Crippen LogP) is 1.12. The van der Waals surface area contributed by atoms with Gasteiger partial charge in [0, 0.05) is 12.6 Å². The molecule has 1 aromatic heterocycles. The Bertz CT molecular complexity index is 563. The van der Waals surface area contributed by atoms with Crippen molar-refractivity contribution in [1.29, 1.82) is 0 Å². The summed E-state index contributed by atoms with van der Waals surface area (Å²) in [6.45, 7) is 0.474. The summed E-state index contributed by atoms with van der Waals surface area (Å²) >= 11 is 0. The zero-order chi connectivity index (χ0) is 10.4. The van der Waals surface area contributed by atoms with Crippen molar-refractivity contribution in [1.82, 2.24) is 9.55 Å². The number of nitrogens with zero attached hydrogens (tertiary/aromatic N) is 1. The summed E-state index contributed by atoms with van der Waals surface area (Å²) in [5.41, 5.74) is 8.61. The molecule has 4 nitrogen and oxygen atoms in total. The van der Waals surface area contributed by atoms with Crippen molar-refractivity contribution >= 4 is 11.0 Å². The van der Waals surface area contributed by atoms with Crippen molar-refractivity contribution in [3.05, 3.63) is 34.2 Å². The van der Waals surface area contributed by atoms with Crippen LogP contribution in [-0.2, 0) is 6.54 Å². The molecule has 1 aliphatic carbocycles. The normalized spacial score (nSPS) is 16.1. The molecule has 2 aromatic rings. The van der Waals surface area contributed by atoms with Gasteiger partial charge in [-0.1, -0.05) is 12.1 Å². The molecular weight excluding hydrogens is 190 g/mol. The topological polar surface area (TPSA) is 63.8 Å². The molecule has 0 radical (unpaired) electrons. The second kappa shape index (κ2) is 2.97. The monoisotopic (exact) mass is 203 g/mol. The molecule has 15 heavy (non-hydrogen) atoms. The van der Waals surface area contributed by atoms with Gasteiger partial charge in [-0.2, -0.15) is 0 Å². The largest absolute Gasteiger partial charge is 0.326 e. The number of nitrogens with two attached hydrogens (primary N) is 1. The van der Waals surface area contributed by atoms with Crippen LogP contribution in [0.15, 0.2) is 23.0 Å². The van der Waals surface area contributed by atoms with Crippen LogP contribution in [0.3, 0.4) is 0 Å². The molecule has 1 fully saturated rings. The van der Waals surface area contributed by atoms with E-state index < -0.39 is 0 Å². The van der Waals surface area contributed by atoms with Crippen LogP contribution in [-0.4, -0.2) is 9.55 Å². The molecule has 1 saturated carbocycles. The molecule has 3 rings (SSSR count). The summed E-state index contributed by atoms with van der Waals surface area (Å²) in [6.07, 6.45) is 2.21. The van der Waals surface area contributed by atoms with Gasteiger partial charge in [-0.3, -0.25) is 4.57 Å².